The Labute approximate surface area is 171 Å². The van der Waals surface area contributed by atoms with Crippen LogP contribution in [0.3, 0.4) is 0 Å². The lowest BCUT2D eigenvalue weighted by Gasteiger charge is -2.12. The van der Waals surface area contributed by atoms with Crippen molar-refractivity contribution in [3.8, 4) is 17.6 Å². The highest BCUT2D eigenvalue weighted by atomic mass is 32.2. The van der Waals surface area contributed by atoms with E-state index in [1.54, 1.807) is 22.9 Å². The van der Waals surface area contributed by atoms with Crippen LogP contribution in [0, 0.1) is 11.3 Å². The normalized spacial score (nSPS) is 11.5. The lowest BCUT2D eigenvalue weighted by molar-refractivity contribution is -0.137. The van der Waals surface area contributed by atoms with E-state index >= 15 is 0 Å². The molecule has 1 N–H and O–H groups in total. The van der Waals surface area contributed by atoms with Crippen molar-refractivity contribution in [3.63, 3.8) is 0 Å². The van der Waals surface area contributed by atoms with Gasteiger partial charge in [-0.15, -0.1) is 0 Å². The number of alkyl halides is 3. The minimum Gasteiger partial charge on any atom is -0.493 e. The Morgan fingerprint density at radius 2 is 1.77 bits per heavy atom. The van der Waals surface area contributed by atoms with Crippen LogP contribution in [0.4, 0.5) is 13.2 Å². The third kappa shape index (κ3) is 5.42. The molecule has 160 valence electrons. The summed E-state index contributed by atoms with van der Waals surface area (Å²) in [5.41, 5.74) is -1.45. The highest BCUT2D eigenvalue weighted by Gasteiger charge is 2.35. The van der Waals surface area contributed by atoms with Crippen LogP contribution in [0.5, 0.6) is 11.5 Å². The van der Waals surface area contributed by atoms with Gasteiger partial charge in [0.15, 0.2) is 11.5 Å². The summed E-state index contributed by atoms with van der Waals surface area (Å²) < 4.78 is 75.7. The molecule has 2 rings (SSSR count). The number of ether oxygens (including phenoxy) is 2. The number of carbonyl (C=O) groups excluding carboxylic acids is 1. The third-order valence-corrected chi connectivity index (χ3v) is 5.44. The Hall–Kier alpha value is -3.26. The summed E-state index contributed by atoms with van der Waals surface area (Å²) in [5.74, 6) is 0.0116. The van der Waals surface area contributed by atoms with Gasteiger partial charge in [-0.05, 0) is 42.3 Å². The quantitative estimate of drug-likeness (QED) is 0.707. The van der Waals surface area contributed by atoms with Crippen LogP contribution in [0.15, 0.2) is 41.3 Å². The van der Waals surface area contributed by atoms with E-state index in [9.17, 15) is 26.4 Å². The Morgan fingerprint density at radius 1 is 1.10 bits per heavy atom. The molecule has 0 aliphatic rings. The number of benzene rings is 2. The highest BCUT2D eigenvalue weighted by molar-refractivity contribution is 7.90. The lowest BCUT2D eigenvalue weighted by atomic mass is 10.1. The zero-order chi connectivity index (χ0) is 22.5. The average Bonchev–Trinajstić information content (AvgIpc) is 2.70. The first kappa shape index (κ1) is 23.0. The predicted octanol–water partition coefficient (Wildman–Crippen LogP) is 3.03. The lowest BCUT2D eigenvalue weighted by Crippen LogP contribution is -2.31. The number of nitrogens with one attached hydrogen (secondary N) is 1. The number of nitrogens with zero attached hydrogens (tertiary/aromatic N) is 1. The number of rotatable bonds is 7. The second-order valence-electron chi connectivity index (χ2n) is 6.03. The molecule has 11 heteroatoms. The molecular formula is C19H17F3N2O5S. The molecule has 1 amide bonds. The molecule has 0 radical (unpaired) electrons. The monoisotopic (exact) mass is 442 g/mol. The minimum absolute atomic E-state index is 0.156. The summed E-state index contributed by atoms with van der Waals surface area (Å²) in [6.07, 6.45) is -5.01. The molecule has 7 nitrogen and oxygen atoms in total. The van der Waals surface area contributed by atoms with Crippen molar-refractivity contribution in [1.29, 1.82) is 5.26 Å². The van der Waals surface area contributed by atoms with E-state index in [0.717, 1.165) is 12.1 Å². The number of methoxy groups -OCH3 is 2. The third-order valence-electron chi connectivity index (χ3n) is 4.06. The van der Waals surface area contributed by atoms with Crippen LogP contribution < -0.4 is 14.2 Å². The molecule has 0 aliphatic heterocycles. The Kier molecular flexibility index (Phi) is 6.94. The van der Waals surface area contributed by atoms with E-state index < -0.39 is 38.1 Å². The van der Waals surface area contributed by atoms with Crippen molar-refractivity contribution in [2.45, 2.75) is 23.9 Å². The fourth-order valence-electron chi connectivity index (χ4n) is 2.58. The largest absolute Gasteiger partial charge is 0.493 e. The van der Waals surface area contributed by atoms with Crippen molar-refractivity contribution < 1.29 is 35.9 Å². The van der Waals surface area contributed by atoms with E-state index in [0.29, 0.717) is 23.1 Å². The summed E-state index contributed by atoms with van der Waals surface area (Å²) in [4.78, 5) is 11.3. The summed E-state index contributed by atoms with van der Waals surface area (Å²) in [6.45, 7) is 0. The maximum Gasteiger partial charge on any atom is 0.417 e. The van der Waals surface area contributed by atoms with E-state index in [2.05, 4.69) is 0 Å². The standard InChI is InChI=1S/C19H17F3N2O5S/c1-28-16-7-3-12(9-17(16)29-2)4-8-18(25)24-30(26,27)14-6-5-13(11-23)15(10-14)19(20,21)22/h3,5-7,9-10H,4,8H2,1-2H3,(H,24,25). The van der Waals surface area contributed by atoms with Crippen molar-refractivity contribution in [1.82, 2.24) is 4.72 Å². The van der Waals surface area contributed by atoms with Gasteiger partial charge in [0.1, 0.15) is 0 Å². The van der Waals surface area contributed by atoms with Gasteiger partial charge in [-0.1, -0.05) is 6.07 Å². The van der Waals surface area contributed by atoms with Crippen LogP contribution in [0.1, 0.15) is 23.1 Å². The second kappa shape index (κ2) is 9.04. The van der Waals surface area contributed by atoms with Gasteiger partial charge in [0.25, 0.3) is 10.0 Å². The molecule has 0 spiro atoms. The molecule has 0 bridgehead atoms. The van der Waals surface area contributed by atoms with Crippen molar-refractivity contribution in [2.24, 2.45) is 0 Å². The van der Waals surface area contributed by atoms with E-state index in [1.807, 2.05) is 0 Å². The van der Waals surface area contributed by atoms with E-state index in [-0.39, 0.29) is 12.8 Å². The van der Waals surface area contributed by atoms with E-state index in [1.165, 1.54) is 20.3 Å². The fraction of sp³-hybridized carbons (Fsp3) is 0.263. The topological polar surface area (TPSA) is 105 Å². The number of carbonyl (C=O) groups is 1. The number of hydrogen-bond donors (Lipinski definition) is 1. The van der Waals surface area contributed by atoms with Gasteiger partial charge in [-0.3, -0.25) is 4.79 Å². The molecular weight excluding hydrogens is 425 g/mol. The zero-order valence-corrected chi connectivity index (χ0v) is 16.7. The highest BCUT2D eigenvalue weighted by Crippen LogP contribution is 2.33. The molecule has 0 aliphatic carbocycles. The molecule has 0 atom stereocenters. The van der Waals surface area contributed by atoms with Crippen molar-refractivity contribution in [2.75, 3.05) is 14.2 Å². The van der Waals surface area contributed by atoms with Gasteiger partial charge >= 0.3 is 6.18 Å². The van der Waals surface area contributed by atoms with Crippen LogP contribution >= 0.6 is 0 Å². The van der Waals surface area contributed by atoms with Gasteiger partial charge in [0.2, 0.25) is 5.91 Å². The van der Waals surface area contributed by atoms with Gasteiger partial charge in [-0.2, -0.15) is 18.4 Å². The number of sulfonamides is 1. The SMILES string of the molecule is COc1ccc(CCC(=O)NS(=O)(=O)c2ccc(C#N)c(C(F)(F)F)c2)cc1OC. The molecule has 30 heavy (non-hydrogen) atoms. The van der Waals surface area contributed by atoms with Gasteiger partial charge < -0.3 is 9.47 Å². The summed E-state index contributed by atoms with van der Waals surface area (Å²) >= 11 is 0. The van der Waals surface area contributed by atoms with Gasteiger partial charge in [-0.25, -0.2) is 13.1 Å². The summed E-state index contributed by atoms with van der Waals surface area (Å²) in [5, 5.41) is 8.78. The predicted molar refractivity (Wildman–Crippen MR) is 99.4 cm³/mol. The molecule has 0 saturated carbocycles. The molecule has 0 fully saturated rings. The Morgan fingerprint density at radius 3 is 2.33 bits per heavy atom. The number of halogens is 3. The maximum atomic E-state index is 13.0. The first-order valence-electron chi connectivity index (χ1n) is 8.39. The molecule has 2 aromatic rings. The van der Waals surface area contributed by atoms with Crippen molar-refractivity contribution in [3.05, 3.63) is 53.1 Å². The van der Waals surface area contributed by atoms with E-state index in [4.69, 9.17) is 14.7 Å². The second-order valence-corrected chi connectivity index (χ2v) is 7.72. The average molecular weight is 442 g/mol. The van der Waals surface area contributed by atoms with Crippen LogP contribution in [-0.2, 0) is 27.4 Å². The van der Waals surface area contributed by atoms with Gasteiger partial charge in [0, 0.05) is 6.42 Å². The summed E-state index contributed by atoms with van der Waals surface area (Å²) in [7, 11) is -1.65. The molecule has 0 heterocycles. The Bertz CT molecular complexity index is 1090. The maximum absolute atomic E-state index is 13.0. The van der Waals surface area contributed by atoms with Gasteiger partial charge in [0.05, 0.1) is 36.3 Å². The number of aryl methyl sites for hydroxylation is 1. The molecule has 0 saturated heterocycles. The molecule has 0 aromatic heterocycles. The van der Waals surface area contributed by atoms with Crippen LogP contribution in [0.2, 0.25) is 0 Å². The van der Waals surface area contributed by atoms with Crippen LogP contribution in [-0.4, -0.2) is 28.5 Å². The molecule has 2 aromatic carbocycles. The minimum atomic E-state index is -4.92. The number of nitriles is 1. The molecule has 0 unspecified atom stereocenters. The first-order chi connectivity index (χ1) is 14.0. The van der Waals surface area contributed by atoms with Crippen LogP contribution in [0.25, 0.3) is 0 Å². The summed E-state index contributed by atoms with van der Waals surface area (Å²) in [6, 6.07) is 8.16. The Balaban J connectivity index is 2.14. The zero-order valence-electron chi connectivity index (χ0n) is 15.9. The first-order valence-corrected chi connectivity index (χ1v) is 9.88. The number of hydrogen-bond acceptors (Lipinski definition) is 6. The number of amides is 1. The smallest absolute Gasteiger partial charge is 0.417 e. The van der Waals surface area contributed by atoms with Crippen molar-refractivity contribution >= 4 is 15.9 Å². The fourth-order valence-corrected chi connectivity index (χ4v) is 3.62.